The lowest BCUT2D eigenvalue weighted by molar-refractivity contribution is -0.147. The number of benzene rings is 1. The van der Waals surface area contributed by atoms with Gasteiger partial charge in [-0.1, -0.05) is 12.1 Å². The molecule has 1 unspecified atom stereocenters. The Balaban J connectivity index is 2.06. The first-order valence-corrected chi connectivity index (χ1v) is 8.93. The maximum Gasteiger partial charge on any atom is 0.307 e. The van der Waals surface area contributed by atoms with Gasteiger partial charge in [-0.25, -0.2) is 0 Å². The van der Waals surface area contributed by atoms with Gasteiger partial charge in [0.25, 0.3) is 0 Å². The molecule has 1 aliphatic heterocycles. The van der Waals surface area contributed by atoms with Gasteiger partial charge in [0.2, 0.25) is 11.8 Å². The summed E-state index contributed by atoms with van der Waals surface area (Å²) in [5.41, 5.74) is 0.806. The smallest absolute Gasteiger partial charge is 0.307 e. The number of hydrogen-bond donors (Lipinski definition) is 1. The molecule has 1 saturated heterocycles. The zero-order valence-corrected chi connectivity index (χ0v) is 16.7. The first-order valence-electron chi connectivity index (χ1n) is 8.93. The average molecular weight is 393 g/mol. The van der Waals surface area contributed by atoms with Gasteiger partial charge in [-0.15, -0.1) is 0 Å². The van der Waals surface area contributed by atoms with E-state index in [0.29, 0.717) is 31.1 Å². The normalized spacial score (nSPS) is 16.9. The van der Waals surface area contributed by atoms with Crippen molar-refractivity contribution >= 4 is 17.8 Å². The Morgan fingerprint density at radius 2 is 2.00 bits per heavy atom. The molecule has 2 amide bonds. The summed E-state index contributed by atoms with van der Waals surface area (Å²) in [4.78, 5) is 39.8. The van der Waals surface area contributed by atoms with E-state index < -0.39 is 12.0 Å². The van der Waals surface area contributed by atoms with Crippen LogP contribution in [0.3, 0.4) is 0 Å². The van der Waals surface area contributed by atoms with E-state index in [0.717, 1.165) is 5.56 Å². The first kappa shape index (κ1) is 21.5. The van der Waals surface area contributed by atoms with Gasteiger partial charge in [0.05, 0.1) is 34.3 Å². The molecule has 2 rings (SSSR count). The van der Waals surface area contributed by atoms with Crippen LogP contribution in [0.15, 0.2) is 18.2 Å². The Kier molecular flexibility index (Phi) is 7.62. The Morgan fingerprint density at radius 3 is 2.64 bits per heavy atom. The lowest BCUT2D eigenvalue weighted by Gasteiger charge is -2.34. The molecular formula is C19H27N3O6. The number of rotatable bonds is 8. The predicted octanol–water partition coefficient (Wildman–Crippen LogP) is 0.0257. The highest BCUT2D eigenvalue weighted by atomic mass is 16.5. The quantitative estimate of drug-likeness (QED) is 0.622. The monoisotopic (exact) mass is 393 g/mol. The second-order valence-electron chi connectivity index (χ2n) is 6.46. The Hall–Kier alpha value is -2.81. The molecule has 0 radical (unpaired) electrons. The summed E-state index contributed by atoms with van der Waals surface area (Å²) < 4.78 is 15.4. The molecule has 28 heavy (non-hydrogen) atoms. The number of piperazine rings is 1. The molecule has 1 fully saturated rings. The number of methoxy groups -OCH3 is 3. The molecule has 9 nitrogen and oxygen atoms in total. The van der Waals surface area contributed by atoms with Crippen LogP contribution in [0.25, 0.3) is 0 Å². The summed E-state index contributed by atoms with van der Waals surface area (Å²) in [5.74, 6) is 0.224. The van der Waals surface area contributed by atoms with Gasteiger partial charge in [-0.3, -0.25) is 19.3 Å². The van der Waals surface area contributed by atoms with Crippen molar-refractivity contribution in [3.63, 3.8) is 0 Å². The van der Waals surface area contributed by atoms with Gasteiger partial charge >= 0.3 is 5.97 Å². The van der Waals surface area contributed by atoms with Crippen LogP contribution in [0.1, 0.15) is 12.0 Å². The molecule has 9 heteroatoms. The molecule has 0 spiro atoms. The summed E-state index contributed by atoms with van der Waals surface area (Å²) in [7, 11) is 6.06. The molecule has 1 aromatic rings. The molecule has 1 N–H and O–H groups in total. The number of likely N-dealkylation sites (N-methyl/N-ethyl adjacent to an activating group) is 1. The van der Waals surface area contributed by atoms with Crippen molar-refractivity contribution < 1.29 is 28.6 Å². The molecule has 0 aromatic heterocycles. The molecule has 154 valence electrons. The minimum atomic E-state index is -0.718. The van der Waals surface area contributed by atoms with Crippen LogP contribution >= 0.6 is 0 Å². The molecule has 0 saturated carbocycles. The number of carbonyl (C=O) groups excluding carboxylic acids is 3. The summed E-state index contributed by atoms with van der Waals surface area (Å²) >= 11 is 0. The highest BCUT2D eigenvalue weighted by molar-refractivity contribution is 5.88. The number of hydrogen-bond acceptors (Lipinski definition) is 7. The number of ether oxygens (including phenoxy) is 3. The summed E-state index contributed by atoms with van der Waals surface area (Å²) in [6.45, 7) is 1.26. The fourth-order valence-corrected chi connectivity index (χ4v) is 3.13. The zero-order valence-electron chi connectivity index (χ0n) is 16.7. The van der Waals surface area contributed by atoms with E-state index in [1.807, 2.05) is 12.1 Å². The van der Waals surface area contributed by atoms with Crippen molar-refractivity contribution in [3.8, 4) is 11.5 Å². The van der Waals surface area contributed by atoms with Crippen LogP contribution in [-0.2, 0) is 25.7 Å². The van der Waals surface area contributed by atoms with E-state index >= 15 is 0 Å². The van der Waals surface area contributed by atoms with Crippen LogP contribution in [0.2, 0.25) is 0 Å². The summed E-state index contributed by atoms with van der Waals surface area (Å²) in [6.07, 6.45) is -0.0942. The van der Waals surface area contributed by atoms with Gasteiger partial charge in [0.15, 0.2) is 11.5 Å². The van der Waals surface area contributed by atoms with E-state index in [-0.39, 0.29) is 24.8 Å². The van der Waals surface area contributed by atoms with Crippen molar-refractivity contribution in [2.75, 3.05) is 48.0 Å². The van der Waals surface area contributed by atoms with E-state index in [1.54, 1.807) is 37.1 Å². The van der Waals surface area contributed by atoms with Crippen LogP contribution < -0.4 is 14.8 Å². The first-order chi connectivity index (χ1) is 13.4. The highest BCUT2D eigenvalue weighted by Gasteiger charge is 2.33. The third-order valence-electron chi connectivity index (χ3n) is 4.69. The fraction of sp³-hybridized carbons (Fsp3) is 0.526. The van der Waals surface area contributed by atoms with E-state index in [2.05, 4.69) is 10.1 Å². The topological polar surface area (TPSA) is 97.4 Å². The number of carbonyl (C=O) groups is 3. The molecule has 0 bridgehead atoms. The third-order valence-corrected chi connectivity index (χ3v) is 4.69. The predicted molar refractivity (Wildman–Crippen MR) is 101 cm³/mol. The Labute approximate surface area is 164 Å². The minimum Gasteiger partial charge on any atom is -0.493 e. The Bertz CT molecular complexity index is 724. The molecule has 1 atom stereocenters. The second kappa shape index (κ2) is 9.93. The number of para-hydroxylation sites is 1. The van der Waals surface area contributed by atoms with Crippen molar-refractivity contribution in [2.45, 2.75) is 19.0 Å². The molecule has 1 heterocycles. The number of nitrogens with zero attached hydrogens (tertiary/aromatic N) is 2. The maximum atomic E-state index is 12.7. The van der Waals surface area contributed by atoms with Gasteiger partial charge in [-0.05, 0) is 6.07 Å². The van der Waals surface area contributed by atoms with E-state index in [4.69, 9.17) is 9.47 Å². The summed E-state index contributed by atoms with van der Waals surface area (Å²) in [5, 5.41) is 2.72. The molecule has 1 aliphatic rings. The van der Waals surface area contributed by atoms with Gasteiger partial charge in [0, 0.05) is 32.2 Å². The van der Waals surface area contributed by atoms with Crippen LogP contribution in [-0.4, -0.2) is 81.6 Å². The van der Waals surface area contributed by atoms with Crippen LogP contribution in [0.4, 0.5) is 0 Å². The lowest BCUT2D eigenvalue weighted by atomic mass is 10.1. The standard InChI is InChI=1S/C19H27N3O6/c1-21(11-13-6-5-7-15(26-2)18(13)28-4)16(23)12-22-9-8-20-19(25)14(22)10-17(24)27-3/h5-7,14H,8-12H2,1-4H3,(H,20,25). The Morgan fingerprint density at radius 1 is 1.25 bits per heavy atom. The molecule has 1 aromatic carbocycles. The van der Waals surface area contributed by atoms with Gasteiger partial charge in [-0.2, -0.15) is 0 Å². The van der Waals surface area contributed by atoms with E-state index in [1.165, 1.54) is 7.11 Å². The van der Waals surface area contributed by atoms with Gasteiger partial charge in [0.1, 0.15) is 6.04 Å². The van der Waals surface area contributed by atoms with Crippen molar-refractivity contribution in [1.29, 1.82) is 0 Å². The SMILES string of the molecule is COC(=O)CC1C(=O)NCCN1CC(=O)N(C)Cc1cccc(OC)c1OC. The second-order valence-corrected chi connectivity index (χ2v) is 6.46. The van der Waals surface area contributed by atoms with Crippen molar-refractivity contribution in [1.82, 2.24) is 15.1 Å². The molecular weight excluding hydrogens is 366 g/mol. The number of esters is 1. The third kappa shape index (κ3) is 5.13. The molecule has 0 aliphatic carbocycles. The fourth-order valence-electron chi connectivity index (χ4n) is 3.13. The average Bonchev–Trinajstić information content (AvgIpc) is 2.69. The van der Waals surface area contributed by atoms with Gasteiger partial charge < -0.3 is 24.4 Å². The highest BCUT2D eigenvalue weighted by Crippen LogP contribution is 2.31. The zero-order chi connectivity index (χ0) is 20.7. The van der Waals surface area contributed by atoms with E-state index in [9.17, 15) is 14.4 Å². The van der Waals surface area contributed by atoms with Crippen LogP contribution in [0.5, 0.6) is 11.5 Å². The van der Waals surface area contributed by atoms with Crippen molar-refractivity contribution in [3.05, 3.63) is 23.8 Å². The summed E-state index contributed by atoms with van der Waals surface area (Å²) in [6, 6.07) is 4.76. The number of nitrogens with one attached hydrogen (secondary N) is 1. The van der Waals surface area contributed by atoms with Crippen molar-refractivity contribution in [2.24, 2.45) is 0 Å². The maximum absolute atomic E-state index is 12.7. The lowest BCUT2D eigenvalue weighted by Crippen LogP contribution is -2.58. The number of amides is 2. The largest absolute Gasteiger partial charge is 0.493 e. The minimum absolute atomic E-state index is 0.0257. The van der Waals surface area contributed by atoms with Crippen LogP contribution in [0, 0.1) is 0 Å².